The smallest absolute Gasteiger partial charge is 0.407 e. The highest BCUT2D eigenvalue weighted by atomic mass is 16.6. The molecule has 3 N–H and O–H groups in total. The van der Waals surface area contributed by atoms with Crippen LogP contribution in [0.2, 0.25) is 0 Å². The average molecular weight is 418 g/mol. The van der Waals surface area contributed by atoms with E-state index < -0.39 is 11.7 Å². The highest BCUT2D eigenvalue weighted by molar-refractivity contribution is 5.85. The van der Waals surface area contributed by atoms with Gasteiger partial charge in [-0.2, -0.15) is 0 Å². The van der Waals surface area contributed by atoms with Crippen molar-refractivity contribution in [2.45, 2.75) is 52.2 Å². The highest BCUT2D eigenvalue weighted by Gasteiger charge is 2.27. The maximum atomic E-state index is 12.2. The van der Waals surface area contributed by atoms with Gasteiger partial charge >= 0.3 is 6.09 Å². The van der Waals surface area contributed by atoms with Crippen LogP contribution in [0.15, 0.2) is 35.3 Å². The second-order valence-electron chi connectivity index (χ2n) is 8.33. The van der Waals surface area contributed by atoms with Crippen LogP contribution >= 0.6 is 0 Å². The van der Waals surface area contributed by atoms with Gasteiger partial charge in [0, 0.05) is 26.2 Å². The van der Waals surface area contributed by atoms with E-state index in [1.54, 1.807) is 0 Å². The molecule has 0 aromatic heterocycles. The molecule has 1 aromatic carbocycles. The zero-order valence-corrected chi connectivity index (χ0v) is 18.5. The Morgan fingerprint density at radius 1 is 1.20 bits per heavy atom. The summed E-state index contributed by atoms with van der Waals surface area (Å²) in [5, 5.41) is 9.04. The van der Waals surface area contributed by atoms with Crippen LogP contribution in [0.4, 0.5) is 4.79 Å². The van der Waals surface area contributed by atoms with Crippen molar-refractivity contribution >= 4 is 18.0 Å². The van der Waals surface area contributed by atoms with Crippen molar-refractivity contribution in [2.75, 3.05) is 32.7 Å². The number of nitrogens with one attached hydrogen (secondary N) is 3. The van der Waals surface area contributed by atoms with Gasteiger partial charge in [0.2, 0.25) is 5.91 Å². The first-order chi connectivity index (χ1) is 14.3. The molecule has 0 aliphatic carbocycles. The molecule has 0 bridgehead atoms. The summed E-state index contributed by atoms with van der Waals surface area (Å²) in [6.07, 6.45) is 1.18. The van der Waals surface area contributed by atoms with Gasteiger partial charge < -0.3 is 25.6 Å². The maximum Gasteiger partial charge on any atom is 0.407 e. The number of alkyl carbamates (subject to hydrolysis) is 1. The topological polar surface area (TPSA) is 95.1 Å². The second kappa shape index (κ2) is 11.4. The molecule has 2 amide bonds. The van der Waals surface area contributed by atoms with Crippen molar-refractivity contribution in [3.8, 4) is 0 Å². The first-order valence-corrected chi connectivity index (χ1v) is 10.6. The molecule has 30 heavy (non-hydrogen) atoms. The van der Waals surface area contributed by atoms with Crippen LogP contribution < -0.4 is 16.0 Å². The number of hydrogen-bond donors (Lipinski definition) is 3. The van der Waals surface area contributed by atoms with Gasteiger partial charge in [-0.1, -0.05) is 30.3 Å². The third kappa shape index (κ3) is 8.71. The summed E-state index contributed by atoms with van der Waals surface area (Å²) in [5.41, 5.74) is 0.669. The Labute approximate surface area is 179 Å². The lowest BCUT2D eigenvalue weighted by molar-refractivity contribution is -0.119. The lowest BCUT2D eigenvalue weighted by Gasteiger charge is -2.23. The van der Waals surface area contributed by atoms with E-state index in [-0.39, 0.29) is 18.5 Å². The van der Waals surface area contributed by atoms with Crippen molar-refractivity contribution in [2.24, 2.45) is 4.99 Å². The molecule has 1 aliphatic heterocycles. The van der Waals surface area contributed by atoms with Crippen LogP contribution in [0.1, 0.15) is 39.7 Å². The van der Waals surface area contributed by atoms with Gasteiger partial charge in [0.15, 0.2) is 5.96 Å². The van der Waals surface area contributed by atoms with Gasteiger partial charge in [-0.25, -0.2) is 9.79 Å². The first kappa shape index (κ1) is 23.5. The number of rotatable bonds is 7. The molecule has 2 rings (SSSR count). The quantitative estimate of drug-likeness (QED) is 0.465. The Morgan fingerprint density at radius 3 is 2.60 bits per heavy atom. The van der Waals surface area contributed by atoms with Gasteiger partial charge in [-0.05, 0) is 46.1 Å². The number of aliphatic imine (C=N–C) groups is 1. The molecule has 1 aliphatic rings. The first-order valence-electron chi connectivity index (χ1n) is 10.6. The minimum absolute atomic E-state index is 0.0107. The fourth-order valence-corrected chi connectivity index (χ4v) is 3.16. The molecule has 1 heterocycles. The summed E-state index contributed by atoms with van der Waals surface area (Å²) in [4.78, 5) is 30.7. The van der Waals surface area contributed by atoms with Crippen molar-refractivity contribution in [1.82, 2.24) is 20.9 Å². The molecular weight excluding hydrogens is 382 g/mol. The molecule has 0 radical (unpaired) electrons. The summed E-state index contributed by atoms with van der Waals surface area (Å²) in [6.45, 7) is 10.2. The number of likely N-dealkylation sites (tertiary alicyclic amines) is 1. The van der Waals surface area contributed by atoms with Crippen LogP contribution in [0.3, 0.4) is 0 Å². The van der Waals surface area contributed by atoms with Crippen molar-refractivity contribution in [1.29, 1.82) is 0 Å². The number of carbonyl (C=O) groups is 2. The Hall–Kier alpha value is -2.77. The van der Waals surface area contributed by atoms with E-state index in [4.69, 9.17) is 4.74 Å². The lowest BCUT2D eigenvalue weighted by atomic mass is 10.1. The SMILES string of the molecule is CCNC(=NCC(=O)NCCc1ccccc1)N1CCC(NC(=O)OC(C)(C)C)C1. The largest absolute Gasteiger partial charge is 0.444 e. The van der Waals surface area contributed by atoms with E-state index in [0.717, 1.165) is 19.4 Å². The third-order valence-corrected chi connectivity index (χ3v) is 4.49. The Bertz CT molecular complexity index is 715. The lowest BCUT2D eigenvalue weighted by Crippen LogP contribution is -2.44. The zero-order chi connectivity index (χ0) is 22.0. The summed E-state index contributed by atoms with van der Waals surface area (Å²) < 4.78 is 5.32. The number of guanidine groups is 1. The van der Waals surface area contributed by atoms with Gasteiger partial charge in [0.1, 0.15) is 12.1 Å². The number of hydrogen-bond acceptors (Lipinski definition) is 4. The van der Waals surface area contributed by atoms with Crippen molar-refractivity contribution in [3.63, 3.8) is 0 Å². The molecule has 8 heteroatoms. The fourth-order valence-electron chi connectivity index (χ4n) is 3.16. The molecule has 1 fully saturated rings. The summed E-state index contributed by atoms with van der Waals surface area (Å²) >= 11 is 0. The number of benzene rings is 1. The minimum atomic E-state index is -0.521. The third-order valence-electron chi connectivity index (χ3n) is 4.49. The summed E-state index contributed by atoms with van der Waals surface area (Å²) in [7, 11) is 0. The Balaban J connectivity index is 1.79. The molecule has 166 valence electrons. The van der Waals surface area contributed by atoms with Gasteiger partial charge in [0.05, 0.1) is 6.04 Å². The standard InChI is InChI=1S/C22H35N5O3/c1-5-23-20(25-15-19(28)24-13-11-17-9-7-6-8-10-17)27-14-12-18(16-27)26-21(29)30-22(2,3)4/h6-10,18H,5,11-16H2,1-4H3,(H,23,25)(H,24,28)(H,26,29). The normalized spacial score (nSPS) is 16.9. The van der Waals surface area contributed by atoms with Crippen molar-refractivity contribution < 1.29 is 14.3 Å². The van der Waals surface area contributed by atoms with Crippen molar-refractivity contribution in [3.05, 3.63) is 35.9 Å². The van der Waals surface area contributed by atoms with Crippen LogP contribution in [0.25, 0.3) is 0 Å². The van der Waals surface area contributed by atoms with Crippen LogP contribution in [0, 0.1) is 0 Å². The number of ether oxygens (including phenoxy) is 1. The summed E-state index contributed by atoms with van der Waals surface area (Å²) in [6, 6.07) is 10.0. The van der Waals surface area contributed by atoms with Gasteiger partial charge in [0.25, 0.3) is 0 Å². The van der Waals surface area contributed by atoms with E-state index in [1.165, 1.54) is 5.56 Å². The highest BCUT2D eigenvalue weighted by Crippen LogP contribution is 2.12. The molecule has 1 aromatic rings. The minimum Gasteiger partial charge on any atom is -0.444 e. The monoisotopic (exact) mass is 417 g/mol. The predicted molar refractivity (Wildman–Crippen MR) is 118 cm³/mol. The molecule has 0 spiro atoms. The number of amides is 2. The van der Waals surface area contributed by atoms with Crippen LogP contribution in [0.5, 0.6) is 0 Å². The second-order valence-corrected chi connectivity index (χ2v) is 8.33. The number of carbonyl (C=O) groups excluding carboxylic acids is 2. The fraction of sp³-hybridized carbons (Fsp3) is 0.591. The maximum absolute atomic E-state index is 12.2. The molecular formula is C22H35N5O3. The van der Waals surface area contributed by atoms with E-state index in [2.05, 4.69) is 25.8 Å². The Kier molecular flexibility index (Phi) is 8.95. The Morgan fingerprint density at radius 2 is 1.93 bits per heavy atom. The average Bonchev–Trinajstić information content (AvgIpc) is 3.12. The summed E-state index contributed by atoms with van der Waals surface area (Å²) in [5.74, 6) is 0.577. The number of nitrogens with zero attached hydrogens (tertiary/aromatic N) is 2. The van der Waals surface area contributed by atoms with E-state index in [9.17, 15) is 9.59 Å². The predicted octanol–water partition coefficient (Wildman–Crippen LogP) is 1.91. The van der Waals surface area contributed by atoms with Crippen LogP contribution in [-0.4, -0.2) is 67.2 Å². The molecule has 1 unspecified atom stereocenters. The molecule has 1 saturated heterocycles. The van der Waals surface area contributed by atoms with E-state index >= 15 is 0 Å². The van der Waals surface area contributed by atoms with Gasteiger partial charge in [-0.15, -0.1) is 0 Å². The molecule has 8 nitrogen and oxygen atoms in total. The van der Waals surface area contributed by atoms with E-state index in [0.29, 0.717) is 25.6 Å². The molecule has 0 saturated carbocycles. The van der Waals surface area contributed by atoms with Gasteiger partial charge in [-0.3, -0.25) is 4.79 Å². The van der Waals surface area contributed by atoms with Crippen LogP contribution in [-0.2, 0) is 16.0 Å². The van der Waals surface area contributed by atoms with E-state index in [1.807, 2.05) is 58.0 Å². The molecule has 1 atom stereocenters. The zero-order valence-electron chi connectivity index (χ0n) is 18.5.